The van der Waals surface area contributed by atoms with Crippen molar-refractivity contribution in [1.29, 1.82) is 0 Å². The van der Waals surface area contributed by atoms with E-state index in [1.165, 1.54) is 22.6 Å². The van der Waals surface area contributed by atoms with Crippen molar-refractivity contribution in [2.75, 3.05) is 20.7 Å². The molecular weight excluding hydrogens is 351 g/mol. The van der Waals surface area contributed by atoms with Crippen molar-refractivity contribution in [3.8, 4) is 5.88 Å². The highest BCUT2D eigenvalue weighted by Crippen LogP contribution is 2.30. The van der Waals surface area contributed by atoms with Crippen LogP contribution in [0.25, 0.3) is 0 Å². The van der Waals surface area contributed by atoms with Crippen molar-refractivity contribution >= 4 is 5.91 Å². The van der Waals surface area contributed by atoms with Gasteiger partial charge in [0, 0.05) is 38.8 Å². The lowest BCUT2D eigenvalue weighted by Gasteiger charge is -2.28. The number of hydrogen-bond donors (Lipinski definition) is 0. The van der Waals surface area contributed by atoms with Crippen LogP contribution in [0.1, 0.15) is 28.4 Å². The van der Waals surface area contributed by atoms with Crippen LogP contribution in [0.3, 0.4) is 0 Å². The molecule has 1 atom stereocenters. The largest absolute Gasteiger partial charge is 0.480 e. The van der Waals surface area contributed by atoms with Crippen molar-refractivity contribution in [3.63, 3.8) is 0 Å². The van der Waals surface area contributed by atoms with Gasteiger partial charge in [-0.1, -0.05) is 0 Å². The normalized spacial score (nSPS) is 16.9. The second kappa shape index (κ2) is 6.93. The molecule has 0 saturated carbocycles. The standard InChI is InChI=1S/C16H18F3N5O2/c1-23(15(25)11-4-6-14(26-2)22-21-11)7-10-3-5-13-20-12(16(17,18)19)9-24(13)8-10/h4,6,9-10H,3,5,7-8H2,1-2H3. The minimum atomic E-state index is -4.44. The summed E-state index contributed by atoms with van der Waals surface area (Å²) >= 11 is 0. The van der Waals surface area contributed by atoms with E-state index in [0.29, 0.717) is 37.6 Å². The van der Waals surface area contributed by atoms with Crippen LogP contribution in [0.15, 0.2) is 18.3 Å². The first-order valence-corrected chi connectivity index (χ1v) is 8.04. The topological polar surface area (TPSA) is 73.1 Å². The Morgan fingerprint density at radius 1 is 1.38 bits per heavy atom. The lowest BCUT2D eigenvalue weighted by Crippen LogP contribution is -2.35. The Kier molecular flexibility index (Phi) is 4.84. The van der Waals surface area contributed by atoms with Crippen LogP contribution in [0.4, 0.5) is 13.2 Å². The van der Waals surface area contributed by atoms with E-state index in [2.05, 4.69) is 15.2 Å². The average molecular weight is 369 g/mol. The molecule has 0 N–H and O–H groups in total. The fraction of sp³-hybridized carbons (Fsp3) is 0.500. The Bertz CT molecular complexity index is 788. The predicted molar refractivity (Wildman–Crippen MR) is 84.6 cm³/mol. The van der Waals surface area contributed by atoms with E-state index in [4.69, 9.17) is 4.74 Å². The van der Waals surface area contributed by atoms with Gasteiger partial charge in [-0.05, 0) is 18.4 Å². The molecule has 3 rings (SSSR count). The first kappa shape index (κ1) is 18.2. The smallest absolute Gasteiger partial charge is 0.434 e. The summed E-state index contributed by atoms with van der Waals surface area (Å²) in [6, 6.07) is 3.07. The first-order chi connectivity index (χ1) is 12.3. The van der Waals surface area contributed by atoms with Gasteiger partial charge >= 0.3 is 6.18 Å². The second-order valence-corrected chi connectivity index (χ2v) is 6.24. The van der Waals surface area contributed by atoms with Crippen molar-refractivity contribution in [2.45, 2.75) is 25.6 Å². The van der Waals surface area contributed by atoms with Crippen LogP contribution in [-0.2, 0) is 19.1 Å². The van der Waals surface area contributed by atoms with Gasteiger partial charge in [0.2, 0.25) is 5.88 Å². The number of halogens is 3. The summed E-state index contributed by atoms with van der Waals surface area (Å²) in [5, 5.41) is 7.59. The molecule has 0 saturated heterocycles. The maximum Gasteiger partial charge on any atom is 0.434 e. The molecule has 1 unspecified atom stereocenters. The number of aromatic nitrogens is 4. The van der Waals surface area contributed by atoms with Crippen molar-refractivity contribution in [3.05, 3.63) is 35.5 Å². The van der Waals surface area contributed by atoms with E-state index in [1.54, 1.807) is 13.1 Å². The van der Waals surface area contributed by atoms with Crippen molar-refractivity contribution in [1.82, 2.24) is 24.6 Å². The molecule has 1 aliphatic rings. The number of imidazole rings is 1. The van der Waals surface area contributed by atoms with E-state index < -0.39 is 11.9 Å². The van der Waals surface area contributed by atoms with Gasteiger partial charge < -0.3 is 14.2 Å². The van der Waals surface area contributed by atoms with E-state index >= 15 is 0 Å². The number of nitrogens with zero attached hydrogens (tertiary/aromatic N) is 5. The number of alkyl halides is 3. The van der Waals surface area contributed by atoms with Crippen molar-refractivity contribution in [2.24, 2.45) is 5.92 Å². The number of hydrogen-bond acceptors (Lipinski definition) is 5. The maximum absolute atomic E-state index is 12.8. The van der Waals surface area contributed by atoms with E-state index in [9.17, 15) is 18.0 Å². The lowest BCUT2D eigenvalue weighted by atomic mass is 9.99. The van der Waals surface area contributed by atoms with Gasteiger partial charge in [0.25, 0.3) is 5.91 Å². The molecule has 2 aromatic heterocycles. The predicted octanol–water partition coefficient (Wildman–Crippen LogP) is 2.04. The molecule has 7 nitrogen and oxygen atoms in total. The number of amides is 1. The molecular formula is C16H18F3N5O2. The first-order valence-electron chi connectivity index (χ1n) is 8.04. The monoisotopic (exact) mass is 369 g/mol. The van der Waals surface area contributed by atoms with Gasteiger partial charge in [-0.15, -0.1) is 10.2 Å². The third-order valence-electron chi connectivity index (χ3n) is 4.33. The second-order valence-electron chi connectivity index (χ2n) is 6.24. The fourth-order valence-corrected chi connectivity index (χ4v) is 3.01. The molecule has 0 radical (unpaired) electrons. The number of ether oxygens (including phenoxy) is 1. The summed E-state index contributed by atoms with van der Waals surface area (Å²) in [6.07, 6.45) is -2.29. The summed E-state index contributed by atoms with van der Waals surface area (Å²) in [5.41, 5.74) is -0.683. The number of aryl methyl sites for hydroxylation is 1. The van der Waals surface area contributed by atoms with Crippen LogP contribution in [-0.4, -0.2) is 51.3 Å². The Morgan fingerprint density at radius 2 is 2.15 bits per heavy atom. The zero-order valence-electron chi connectivity index (χ0n) is 14.3. The minimum absolute atomic E-state index is 0.0398. The van der Waals surface area contributed by atoms with Crippen LogP contribution in [0, 0.1) is 5.92 Å². The number of carbonyl (C=O) groups excluding carboxylic acids is 1. The SMILES string of the molecule is COc1ccc(C(=O)N(C)CC2CCc3nc(C(F)(F)F)cn3C2)nn1. The van der Waals surface area contributed by atoms with Gasteiger partial charge in [0.15, 0.2) is 11.4 Å². The molecule has 0 fully saturated rings. The molecule has 1 aliphatic heterocycles. The van der Waals surface area contributed by atoms with Gasteiger partial charge in [0.05, 0.1) is 7.11 Å². The van der Waals surface area contributed by atoms with E-state index in [0.717, 1.165) is 6.20 Å². The number of carbonyl (C=O) groups is 1. The number of fused-ring (bicyclic) bond motifs is 1. The van der Waals surface area contributed by atoms with E-state index in [1.807, 2.05) is 0 Å². The Hall–Kier alpha value is -2.65. The molecule has 0 spiro atoms. The summed E-state index contributed by atoms with van der Waals surface area (Å²) in [7, 11) is 3.09. The van der Waals surface area contributed by atoms with Crippen LogP contribution < -0.4 is 4.74 Å². The van der Waals surface area contributed by atoms with Gasteiger partial charge in [-0.2, -0.15) is 13.2 Å². The van der Waals surface area contributed by atoms with Crippen LogP contribution in [0.2, 0.25) is 0 Å². The molecule has 3 heterocycles. The summed E-state index contributed by atoms with van der Waals surface area (Å²) in [6.45, 7) is 0.801. The Morgan fingerprint density at radius 3 is 2.77 bits per heavy atom. The van der Waals surface area contributed by atoms with Gasteiger partial charge in [-0.25, -0.2) is 4.98 Å². The Labute approximate surface area is 147 Å². The maximum atomic E-state index is 12.8. The highest BCUT2D eigenvalue weighted by atomic mass is 19.4. The highest BCUT2D eigenvalue weighted by Gasteiger charge is 2.36. The number of methoxy groups -OCH3 is 1. The van der Waals surface area contributed by atoms with Gasteiger partial charge in [-0.3, -0.25) is 4.79 Å². The van der Waals surface area contributed by atoms with Gasteiger partial charge in [0.1, 0.15) is 5.82 Å². The zero-order chi connectivity index (χ0) is 18.9. The third-order valence-corrected chi connectivity index (χ3v) is 4.33. The fourth-order valence-electron chi connectivity index (χ4n) is 3.01. The van der Waals surface area contributed by atoms with Crippen LogP contribution >= 0.6 is 0 Å². The van der Waals surface area contributed by atoms with E-state index in [-0.39, 0.29) is 17.5 Å². The molecule has 2 aromatic rings. The zero-order valence-corrected chi connectivity index (χ0v) is 14.3. The minimum Gasteiger partial charge on any atom is -0.480 e. The molecule has 0 aromatic carbocycles. The number of rotatable bonds is 4. The molecule has 26 heavy (non-hydrogen) atoms. The third kappa shape index (κ3) is 3.78. The summed E-state index contributed by atoms with van der Waals surface area (Å²) in [4.78, 5) is 17.6. The molecule has 0 bridgehead atoms. The average Bonchev–Trinajstić information content (AvgIpc) is 3.05. The quantitative estimate of drug-likeness (QED) is 0.825. The highest BCUT2D eigenvalue weighted by molar-refractivity contribution is 5.91. The molecule has 10 heteroatoms. The lowest BCUT2D eigenvalue weighted by molar-refractivity contribution is -0.141. The Balaban J connectivity index is 1.64. The molecule has 1 amide bonds. The summed E-state index contributed by atoms with van der Waals surface area (Å²) in [5.74, 6) is 0.485. The summed E-state index contributed by atoms with van der Waals surface area (Å²) < 4.78 is 44.8. The van der Waals surface area contributed by atoms with Crippen LogP contribution in [0.5, 0.6) is 5.88 Å². The molecule has 0 aliphatic carbocycles. The molecule has 140 valence electrons. The van der Waals surface area contributed by atoms with Crippen molar-refractivity contribution < 1.29 is 22.7 Å².